The van der Waals surface area contributed by atoms with Crippen molar-refractivity contribution in [2.75, 3.05) is 5.32 Å². The highest BCUT2D eigenvalue weighted by atomic mass is 35.5. The normalized spacial score (nSPS) is 11.6. The molecule has 96 valence electrons. The van der Waals surface area contributed by atoms with E-state index >= 15 is 0 Å². The van der Waals surface area contributed by atoms with Crippen LogP contribution in [0.2, 0.25) is 0 Å². The number of halogens is 3. The summed E-state index contributed by atoms with van der Waals surface area (Å²) in [6.45, 7) is -1.31. The molecule has 0 saturated carbocycles. The van der Waals surface area contributed by atoms with Gasteiger partial charge in [-0.2, -0.15) is 8.78 Å². The molecule has 0 heterocycles. The van der Waals surface area contributed by atoms with Crippen molar-refractivity contribution in [1.29, 1.82) is 0 Å². The summed E-state index contributed by atoms with van der Waals surface area (Å²) in [6, 6.07) is 4.96. The van der Waals surface area contributed by atoms with Crippen molar-refractivity contribution in [2.45, 2.75) is 19.6 Å². The molecule has 17 heavy (non-hydrogen) atoms. The minimum atomic E-state index is -2.86. The van der Waals surface area contributed by atoms with E-state index in [4.69, 9.17) is 5.73 Å². The Kier molecular flexibility index (Phi) is 6.45. The van der Waals surface area contributed by atoms with Crippen LogP contribution in [-0.4, -0.2) is 18.6 Å². The van der Waals surface area contributed by atoms with Crippen molar-refractivity contribution in [3.63, 3.8) is 0 Å². The molecular formula is C10H13ClF2N2O2. The molecular weight excluding hydrogens is 254 g/mol. The Morgan fingerprint density at radius 1 is 1.35 bits per heavy atom. The van der Waals surface area contributed by atoms with Gasteiger partial charge in [0.2, 0.25) is 5.91 Å². The first-order chi connectivity index (χ1) is 7.49. The van der Waals surface area contributed by atoms with Gasteiger partial charge in [-0.25, -0.2) is 0 Å². The summed E-state index contributed by atoms with van der Waals surface area (Å²) in [6.07, 6.45) is 0. The molecule has 0 bridgehead atoms. The first kappa shape index (κ1) is 15.6. The number of anilines is 1. The average Bonchev–Trinajstić information content (AvgIpc) is 2.20. The van der Waals surface area contributed by atoms with Crippen molar-refractivity contribution in [1.82, 2.24) is 0 Å². The summed E-state index contributed by atoms with van der Waals surface area (Å²) in [7, 11) is 0. The number of alkyl halides is 2. The van der Waals surface area contributed by atoms with Crippen LogP contribution in [0.3, 0.4) is 0 Å². The fourth-order valence-electron chi connectivity index (χ4n) is 0.976. The second-order valence-corrected chi connectivity index (χ2v) is 3.18. The second kappa shape index (κ2) is 7.03. The third-order valence-corrected chi connectivity index (χ3v) is 1.76. The Balaban J connectivity index is 0.00000256. The molecule has 1 atom stereocenters. The fraction of sp³-hybridized carbons (Fsp3) is 0.300. The highest BCUT2D eigenvalue weighted by Gasteiger charge is 2.08. The largest absolute Gasteiger partial charge is 0.435 e. The molecule has 4 nitrogen and oxygen atoms in total. The topological polar surface area (TPSA) is 64.4 Å². The maximum absolute atomic E-state index is 11.8. The summed E-state index contributed by atoms with van der Waals surface area (Å²) in [5.41, 5.74) is 5.82. The number of hydrogen-bond donors (Lipinski definition) is 2. The average molecular weight is 267 g/mol. The number of rotatable bonds is 4. The van der Waals surface area contributed by atoms with Gasteiger partial charge in [0.15, 0.2) is 0 Å². The standard InChI is InChI=1S/C10H12F2N2O2.ClH/c1-6(13)9(15)14-7-2-4-8(5-3-7)16-10(11)12;/h2-6,10H,13H2,1H3,(H,14,15);1H. The van der Waals surface area contributed by atoms with Crippen LogP contribution in [0.15, 0.2) is 24.3 Å². The van der Waals surface area contributed by atoms with Crippen molar-refractivity contribution in [3.8, 4) is 5.75 Å². The molecule has 0 fully saturated rings. The van der Waals surface area contributed by atoms with Gasteiger partial charge in [0.1, 0.15) is 5.75 Å². The lowest BCUT2D eigenvalue weighted by Crippen LogP contribution is -2.32. The van der Waals surface area contributed by atoms with Crippen LogP contribution < -0.4 is 15.8 Å². The molecule has 7 heteroatoms. The van der Waals surface area contributed by atoms with Gasteiger partial charge in [-0.15, -0.1) is 12.4 Å². The highest BCUT2D eigenvalue weighted by molar-refractivity contribution is 5.94. The first-order valence-corrected chi connectivity index (χ1v) is 4.60. The molecule has 1 rings (SSSR count). The Bertz CT molecular complexity index is 358. The van der Waals surface area contributed by atoms with Gasteiger partial charge >= 0.3 is 6.61 Å². The number of nitrogens with two attached hydrogens (primary N) is 1. The lowest BCUT2D eigenvalue weighted by atomic mass is 10.2. The van der Waals surface area contributed by atoms with Gasteiger partial charge in [-0.05, 0) is 31.2 Å². The Hall–Kier alpha value is -1.40. The van der Waals surface area contributed by atoms with Crippen LogP contribution >= 0.6 is 12.4 Å². The zero-order valence-electron chi connectivity index (χ0n) is 9.02. The number of carbonyl (C=O) groups is 1. The van der Waals surface area contributed by atoms with E-state index < -0.39 is 12.7 Å². The molecule has 1 aromatic rings. The van der Waals surface area contributed by atoms with Crippen LogP contribution in [0.25, 0.3) is 0 Å². The smallest absolute Gasteiger partial charge is 0.387 e. The summed E-state index contributed by atoms with van der Waals surface area (Å²) in [4.78, 5) is 11.2. The molecule has 1 aromatic carbocycles. The van der Waals surface area contributed by atoms with Crippen LogP contribution in [0.1, 0.15) is 6.92 Å². The van der Waals surface area contributed by atoms with E-state index in [2.05, 4.69) is 10.1 Å². The van der Waals surface area contributed by atoms with Crippen molar-refractivity contribution in [2.24, 2.45) is 5.73 Å². The van der Waals surface area contributed by atoms with Crippen molar-refractivity contribution >= 4 is 24.0 Å². The van der Waals surface area contributed by atoms with E-state index in [0.29, 0.717) is 5.69 Å². The SMILES string of the molecule is CC(N)C(=O)Nc1ccc(OC(F)F)cc1.Cl. The van der Waals surface area contributed by atoms with E-state index in [1.165, 1.54) is 24.3 Å². The Morgan fingerprint density at radius 2 is 1.88 bits per heavy atom. The number of carbonyl (C=O) groups excluding carboxylic acids is 1. The Labute approximate surface area is 104 Å². The lowest BCUT2D eigenvalue weighted by Gasteiger charge is -2.08. The van der Waals surface area contributed by atoms with Crippen molar-refractivity contribution < 1.29 is 18.3 Å². The monoisotopic (exact) mass is 266 g/mol. The summed E-state index contributed by atoms with van der Waals surface area (Å²) >= 11 is 0. The third-order valence-electron chi connectivity index (χ3n) is 1.76. The third kappa shape index (κ3) is 5.46. The Morgan fingerprint density at radius 3 is 2.29 bits per heavy atom. The molecule has 0 aliphatic heterocycles. The van der Waals surface area contributed by atoms with Crippen LogP contribution in [-0.2, 0) is 4.79 Å². The van der Waals surface area contributed by atoms with E-state index in [9.17, 15) is 13.6 Å². The van der Waals surface area contributed by atoms with Gasteiger partial charge < -0.3 is 15.8 Å². The molecule has 0 radical (unpaired) electrons. The van der Waals surface area contributed by atoms with Gasteiger partial charge in [-0.1, -0.05) is 0 Å². The number of hydrogen-bond acceptors (Lipinski definition) is 3. The predicted molar refractivity (Wildman–Crippen MR) is 62.6 cm³/mol. The maximum atomic E-state index is 11.8. The van der Waals surface area contributed by atoms with Gasteiger partial charge in [-0.3, -0.25) is 4.79 Å². The maximum Gasteiger partial charge on any atom is 0.387 e. The van der Waals surface area contributed by atoms with E-state index in [1.807, 2.05) is 0 Å². The first-order valence-electron chi connectivity index (χ1n) is 4.60. The van der Waals surface area contributed by atoms with E-state index in [0.717, 1.165) is 0 Å². The van der Waals surface area contributed by atoms with Crippen molar-refractivity contribution in [3.05, 3.63) is 24.3 Å². The number of nitrogens with one attached hydrogen (secondary N) is 1. The molecule has 0 aromatic heterocycles. The number of amides is 1. The molecule has 0 spiro atoms. The van der Waals surface area contributed by atoms with Crippen LogP contribution in [0, 0.1) is 0 Å². The van der Waals surface area contributed by atoms with E-state index in [-0.39, 0.29) is 24.1 Å². The van der Waals surface area contributed by atoms with Gasteiger partial charge in [0, 0.05) is 5.69 Å². The number of benzene rings is 1. The molecule has 0 saturated heterocycles. The summed E-state index contributed by atoms with van der Waals surface area (Å²) in [5.74, 6) is -0.309. The molecule has 1 unspecified atom stereocenters. The number of ether oxygens (including phenoxy) is 1. The van der Waals surface area contributed by atoms with Crippen LogP contribution in [0.4, 0.5) is 14.5 Å². The summed E-state index contributed by atoms with van der Waals surface area (Å²) < 4.78 is 27.8. The minimum absolute atomic E-state index is 0. The molecule has 0 aliphatic rings. The van der Waals surface area contributed by atoms with Gasteiger partial charge in [0.05, 0.1) is 6.04 Å². The minimum Gasteiger partial charge on any atom is -0.435 e. The lowest BCUT2D eigenvalue weighted by molar-refractivity contribution is -0.117. The molecule has 1 amide bonds. The van der Waals surface area contributed by atoms with E-state index in [1.54, 1.807) is 6.92 Å². The fourth-order valence-corrected chi connectivity index (χ4v) is 0.976. The molecule has 0 aliphatic carbocycles. The quantitative estimate of drug-likeness (QED) is 0.876. The summed E-state index contributed by atoms with van der Waals surface area (Å²) in [5, 5.41) is 2.51. The zero-order valence-corrected chi connectivity index (χ0v) is 9.84. The predicted octanol–water partition coefficient (Wildman–Crippen LogP) is 2.00. The second-order valence-electron chi connectivity index (χ2n) is 3.18. The highest BCUT2D eigenvalue weighted by Crippen LogP contribution is 2.17. The van der Waals surface area contributed by atoms with Gasteiger partial charge in [0.25, 0.3) is 0 Å². The zero-order chi connectivity index (χ0) is 12.1. The van der Waals surface area contributed by atoms with Crippen LogP contribution in [0.5, 0.6) is 5.75 Å². The molecule has 3 N–H and O–H groups in total.